The Morgan fingerprint density at radius 3 is 2.57 bits per heavy atom. The molecule has 0 saturated heterocycles. The molecule has 0 aromatic heterocycles. The molecule has 0 aliphatic rings. The van der Waals surface area contributed by atoms with Gasteiger partial charge >= 0.3 is 0 Å². The second-order valence-electron chi connectivity index (χ2n) is 6.40. The first-order valence-electron chi connectivity index (χ1n) is 8.79. The van der Waals surface area contributed by atoms with Crippen LogP contribution in [0.25, 0.3) is 0 Å². The van der Waals surface area contributed by atoms with Gasteiger partial charge in [-0.05, 0) is 91.9 Å². The van der Waals surface area contributed by atoms with Gasteiger partial charge in [-0.3, -0.25) is 4.79 Å². The molecule has 0 radical (unpaired) electrons. The molecular formula is C22H16Br2ClFN2O2. The van der Waals surface area contributed by atoms with Crippen LogP contribution in [-0.4, -0.2) is 12.1 Å². The molecule has 0 heterocycles. The van der Waals surface area contributed by atoms with E-state index in [1.54, 1.807) is 42.5 Å². The van der Waals surface area contributed by atoms with E-state index in [2.05, 4.69) is 42.4 Å². The molecule has 4 nitrogen and oxygen atoms in total. The molecule has 0 saturated carbocycles. The highest BCUT2D eigenvalue weighted by Gasteiger charge is 2.10. The Morgan fingerprint density at radius 1 is 1.17 bits per heavy atom. The number of ether oxygens (including phenoxy) is 1. The van der Waals surface area contributed by atoms with Gasteiger partial charge in [0.05, 0.1) is 15.2 Å². The quantitative estimate of drug-likeness (QED) is 0.274. The Balaban J connectivity index is 1.65. The van der Waals surface area contributed by atoms with Crippen LogP contribution in [0.4, 0.5) is 4.39 Å². The number of nitrogens with one attached hydrogen (secondary N) is 1. The molecule has 3 aromatic carbocycles. The lowest BCUT2D eigenvalue weighted by Gasteiger charge is -2.11. The lowest BCUT2D eigenvalue weighted by Crippen LogP contribution is -2.17. The molecule has 0 spiro atoms. The third kappa shape index (κ3) is 5.90. The number of aryl methyl sites for hydroxylation is 1. The Bertz CT molecular complexity index is 1100. The van der Waals surface area contributed by atoms with Gasteiger partial charge in [-0.1, -0.05) is 29.8 Å². The van der Waals surface area contributed by atoms with Crippen molar-refractivity contribution in [3.05, 3.63) is 96.6 Å². The van der Waals surface area contributed by atoms with Gasteiger partial charge in [0, 0.05) is 10.6 Å². The zero-order valence-electron chi connectivity index (χ0n) is 15.8. The van der Waals surface area contributed by atoms with Gasteiger partial charge < -0.3 is 4.74 Å². The number of benzene rings is 3. The number of nitrogens with zero attached hydrogens (tertiary/aromatic N) is 1. The maximum Gasteiger partial charge on any atom is 0.271 e. The fraction of sp³-hybridized carbons (Fsp3) is 0.0909. The number of rotatable bonds is 6. The summed E-state index contributed by atoms with van der Waals surface area (Å²) in [5.74, 6) is -0.0909. The van der Waals surface area contributed by atoms with Crippen LogP contribution >= 0.6 is 43.5 Å². The van der Waals surface area contributed by atoms with E-state index in [1.165, 1.54) is 18.3 Å². The van der Waals surface area contributed by atoms with E-state index in [0.29, 0.717) is 25.3 Å². The summed E-state index contributed by atoms with van der Waals surface area (Å²) in [6.07, 6.45) is 1.51. The van der Waals surface area contributed by atoms with E-state index >= 15 is 0 Å². The summed E-state index contributed by atoms with van der Waals surface area (Å²) in [5, 5.41) is 4.51. The minimum Gasteiger partial charge on any atom is -0.487 e. The van der Waals surface area contributed by atoms with Crippen LogP contribution in [0.5, 0.6) is 5.75 Å². The van der Waals surface area contributed by atoms with Crippen LogP contribution in [0.15, 0.2) is 68.6 Å². The van der Waals surface area contributed by atoms with Gasteiger partial charge in [-0.2, -0.15) is 5.10 Å². The van der Waals surface area contributed by atoms with E-state index in [9.17, 15) is 9.18 Å². The van der Waals surface area contributed by atoms with Crippen LogP contribution in [0.3, 0.4) is 0 Å². The first kappa shape index (κ1) is 22.5. The van der Waals surface area contributed by atoms with Crippen molar-refractivity contribution in [3.8, 4) is 5.75 Å². The molecule has 1 N–H and O–H groups in total. The fourth-order valence-corrected chi connectivity index (χ4v) is 4.17. The van der Waals surface area contributed by atoms with Crippen molar-refractivity contribution in [2.45, 2.75) is 13.5 Å². The molecular weight excluding hydrogens is 539 g/mol. The Labute approximate surface area is 195 Å². The fourth-order valence-electron chi connectivity index (χ4n) is 2.54. The summed E-state index contributed by atoms with van der Waals surface area (Å²) in [7, 11) is 0. The minimum absolute atomic E-state index is 0.220. The largest absolute Gasteiger partial charge is 0.487 e. The number of carbonyl (C=O) groups is 1. The molecule has 3 aromatic rings. The SMILES string of the molecule is Cc1ccc(C(=O)N/N=C\c2cc(Br)c(OCc3cccc(F)c3)c(Br)c2)cc1Cl. The lowest BCUT2D eigenvalue weighted by atomic mass is 10.1. The summed E-state index contributed by atoms with van der Waals surface area (Å²) in [4.78, 5) is 12.2. The number of carbonyl (C=O) groups excluding carboxylic acids is 1. The first-order chi connectivity index (χ1) is 14.3. The molecule has 8 heteroatoms. The molecule has 154 valence electrons. The maximum absolute atomic E-state index is 13.3. The van der Waals surface area contributed by atoms with Crippen molar-refractivity contribution in [3.63, 3.8) is 0 Å². The Hall–Kier alpha value is -2.22. The molecule has 0 unspecified atom stereocenters. The smallest absolute Gasteiger partial charge is 0.271 e. The average Bonchev–Trinajstić information content (AvgIpc) is 2.69. The molecule has 0 aliphatic carbocycles. The average molecular weight is 555 g/mol. The van der Waals surface area contributed by atoms with E-state index < -0.39 is 0 Å². The summed E-state index contributed by atoms with van der Waals surface area (Å²) in [6, 6.07) is 14.9. The Kier molecular flexibility index (Phi) is 7.64. The topological polar surface area (TPSA) is 50.7 Å². The molecule has 30 heavy (non-hydrogen) atoms. The van der Waals surface area contributed by atoms with Gasteiger partial charge in [0.15, 0.2) is 0 Å². The zero-order chi connectivity index (χ0) is 21.7. The summed E-state index contributed by atoms with van der Waals surface area (Å²) in [5.41, 5.74) is 5.24. The monoisotopic (exact) mass is 552 g/mol. The molecule has 0 atom stereocenters. The summed E-state index contributed by atoms with van der Waals surface area (Å²) >= 11 is 13.0. The number of hydrogen-bond acceptors (Lipinski definition) is 3. The third-order valence-corrected chi connectivity index (χ3v) is 5.69. The summed E-state index contributed by atoms with van der Waals surface area (Å²) < 4.78 is 20.5. The van der Waals surface area contributed by atoms with Gasteiger partial charge in [-0.25, -0.2) is 9.82 Å². The second kappa shape index (κ2) is 10.2. The number of hydrazone groups is 1. The number of halogens is 4. The van der Waals surface area contributed by atoms with Crippen LogP contribution in [0.2, 0.25) is 5.02 Å². The van der Waals surface area contributed by atoms with E-state index in [4.69, 9.17) is 16.3 Å². The predicted molar refractivity (Wildman–Crippen MR) is 124 cm³/mol. The van der Waals surface area contributed by atoms with Crippen molar-refractivity contribution >= 4 is 55.6 Å². The summed E-state index contributed by atoms with van der Waals surface area (Å²) in [6.45, 7) is 2.08. The molecule has 1 amide bonds. The second-order valence-corrected chi connectivity index (χ2v) is 8.51. The number of hydrogen-bond donors (Lipinski definition) is 1. The van der Waals surface area contributed by atoms with Gasteiger partial charge in [0.2, 0.25) is 0 Å². The highest BCUT2D eigenvalue weighted by atomic mass is 79.9. The highest BCUT2D eigenvalue weighted by molar-refractivity contribution is 9.11. The van der Waals surface area contributed by atoms with Crippen molar-refractivity contribution in [2.75, 3.05) is 0 Å². The molecule has 0 fully saturated rings. The number of amides is 1. The van der Waals surface area contributed by atoms with Crippen molar-refractivity contribution in [2.24, 2.45) is 5.10 Å². The van der Waals surface area contributed by atoms with Gasteiger partial charge in [0.1, 0.15) is 18.2 Å². The predicted octanol–water partition coefficient (Wildman–Crippen LogP) is 6.66. The van der Waals surface area contributed by atoms with Crippen molar-refractivity contribution < 1.29 is 13.9 Å². The lowest BCUT2D eigenvalue weighted by molar-refractivity contribution is 0.0955. The van der Waals surface area contributed by atoms with Crippen molar-refractivity contribution in [1.82, 2.24) is 5.43 Å². The van der Waals surface area contributed by atoms with Crippen LogP contribution in [0.1, 0.15) is 27.0 Å². The molecule has 0 aliphatic heterocycles. The molecule has 3 rings (SSSR count). The van der Waals surface area contributed by atoms with E-state index in [0.717, 1.165) is 16.7 Å². The Morgan fingerprint density at radius 2 is 1.90 bits per heavy atom. The third-order valence-electron chi connectivity index (χ3n) is 4.11. The van der Waals surface area contributed by atoms with Crippen LogP contribution < -0.4 is 10.2 Å². The van der Waals surface area contributed by atoms with E-state index in [-0.39, 0.29) is 18.3 Å². The molecule has 0 bridgehead atoms. The normalized spacial score (nSPS) is 11.0. The van der Waals surface area contributed by atoms with Crippen molar-refractivity contribution in [1.29, 1.82) is 0 Å². The van der Waals surface area contributed by atoms with Gasteiger partial charge in [-0.15, -0.1) is 0 Å². The standard InChI is InChI=1S/C22H16Br2ClFN2O2/c1-13-5-6-16(10-20(13)25)22(29)28-27-11-15-8-18(23)21(19(24)9-15)30-12-14-3-2-4-17(26)7-14/h2-11H,12H2,1H3,(H,28,29)/b27-11-. The van der Waals surface area contributed by atoms with Crippen LogP contribution in [-0.2, 0) is 6.61 Å². The van der Waals surface area contributed by atoms with E-state index in [1.807, 2.05) is 6.92 Å². The van der Waals surface area contributed by atoms with Crippen LogP contribution in [0, 0.1) is 12.7 Å². The van der Waals surface area contributed by atoms with Gasteiger partial charge in [0.25, 0.3) is 5.91 Å². The highest BCUT2D eigenvalue weighted by Crippen LogP contribution is 2.35. The minimum atomic E-state index is -0.360. The maximum atomic E-state index is 13.3. The first-order valence-corrected chi connectivity index (χ1v) is 10.8. The zero-order valence-corrected chi connectivity index (χ0v) is 19.7.